The maximum atomic E-state index is 13.0. The molecule has 4 nitrogen and oxygen atoms in total. The van der Waals surface area contributed by atoms with Gasteiger partial charge in [-0.05, 0) is 44.2 Å². The quantitative estimate of drug-likeness (QED) is 0.516. The number of benzene rings is 2. The number of anilines is 2. The molecule has 0 spiro atoms. The number of fused-ring (bicyclic) bond motifs is 2. The lowest BCUT2D eigenvalue weighted by Gasteiger charge is -2.24. The molecule has 27 heavy (non-hydrogen) atoms. The molecule has 136 valence electrons. The molecule has 1 amide bonds. The minimum absolute atomic E-state index is 0.0181. The van der Waals surface area contributed by atoms with Gasteiger partial charge >= 0.3 is 0 Å². The van der Waals surface area contributed by atoms with Gasteiger partial charge in [-0.25, -0.2) is 0 Å². The molecule has 4 rings (SSSR count). The van der Waals surface area contributed by atoms with Crippen LogP contribution in [0.25, 0.3) is 11.3 Å². The lowest BCUT2D eigenvalue weighted by molar-refractivity contribution is 0.0773. The summed E-state index contributed by atoms with van der Waals surface area (Å²) in [4.78, 5) is 21.8. The monoisotopic (exact) mass is 375 g/mol. The van der Waals surface area contributed by atoms with Crippen molar-refractivity contribution in [1.29, 1.82) is 0 Å². The van der Waals surface area contributed by atoms with Gasteiger partial charge < -0.3 is 10.2 Å². The Hall–Kier alpha value is -2.79. The van der Waals surface area contributed by atoms with Gasteiger partial charge in [0.05, 0.1) is 22.6 Å². The average Bonchev–Trinajstić information content (AvgIpc) is 2.72. The Morgan fingerprint density at radius 1 is 1.00 bits per heavy atom. The summed E-state index contributed by atoms with van der Waals surface area (Å²) in [6, 6.07) is 18.1. The van der Waals surface area contributed by atoms with Crippen molar-refractivity contribution in [2.75, 3.05) is 18.4 Å². The zero-order valence-electron chi connectivity index (χ0n) is 15.4. The summed E-state index contributed by atoms with van der Waals surface area (Å²) in [5, 5.41) is 3.55. The maximum Gasteiger partial charge on any atom is 0.256 e. The molecule has 2 heterocycles. The molecule has 0 saturated heterocycles. The van der Waals surface area contributed by atoms with E-state index in [1.807, 2.05) is 55.1 Å². The van der Waals surface area contributed by atoms with Crippen molar-refractivity contribution in [3.8, 4) is 11.3 Å². The number of aromatic nitrogens is 1. The van der Waals surface area contributed by atoms with Crippen LogP contribution >= 0.6 is 11.8 Å². The number of rotatable bonds is 4. The first-order valence-corrected chi connectivity index (χ1v) is 9.96. The van der Waals surface area contributed by atoms with Gasteiger partial charge in [-0.2, -0.15) is 0 Å². The fraction of sp³-hybridized carbons (Fsp3) is 0.182. The van der Waals surface area contributed by atoms with E-state index in [0.29, 0.717) is 18.7 Å². The molecule has 3 aromatic rings. The first-order chi connectivity index (χ1) is 13.2. The Labute approximate surface area is 163 Å². The Morgan fingerprint density at radius 2 is 1.78 bits per heavy atom. The first-order valence-electron chi connectivity index (χ1n) is 9.14. The molecule has 1 aliphatic rings. The molecule has 0 aliphatic carbocycles. The highest BCUT2D eigenvalue weighted by Gasteiger charge is 2.23. The molecule has 1 N–H and O–H groups in total. The largest absolute Gasteiger partial charge is 0.353 e. The minimum Gasteiger partial charge on any atom is -0.353 e. The molecular formula is C22H21N3OS. The summed E-state index contributed by atoms with van der Waals surface area (Å²) in [6.07, 6.45) is 1.75. The second-order valence-corrected chi connectivity index (χ2v) is 7.36. The molecule has 0 atom stereocenters. The van der Waals surface area contributed by atoms with Crippen LogP contribution in [0.3, 0.4) is 0 Å². The molecule has 0 unspecified atom stereocenters. The fourth-order valence-corrected chi connectivity index (χ4v) is 4.35. The molecule has 0 saturated carbocycles. The lowest BCUT2D eigenvalue weighted by atomic mass is 10.0. The van der Waals surface area contributed by atoms with Gasteiger partial charge in [0.15, 0.2) is 0 Å². The molecule has 0 bridgehead atoms. The Bertz CT molecular complexity index is 998. The summed E-state index contributed by atoms with van der Waals surface area (Å²) in [7, 11) is 0. The van der Waals surface area contributed by atoms with Crippen LogP contribution in [0.2, 0.25) is 0 Å². The van der Waals surface area contributed by atoms with Crippen molar-refractivity contribution >= 4 is 29.0 Å². The summed E-state index contributed by atoms with van der Waals surface area (Å²) >= 11 is 1.74. The van der Waals surface area contributed by atoms with Crippen LogP contribution in [-0.2, 0) is 0 Å². The van der Waals surface area contributed by atoms with Crippen molar-refractivity contribution in [3.63, 3.8) is 0 Å². The van der Waals surface area contributed by atoms with Crippen LogP contribution in [0.5, 0.6) is 0 Å². The zero-order chi connectivity index (χ0) is 18.8. The third kappa shape index (κ3) is 3.19. The van der Waals surface area contributed by atoms with E-state index in [1.54, 1.807) is 18.0 Å². The van der Waals surface area contributed by atoms with Crippen molar-refractivity contribution in [2.45, 2.75) is 23.6 Å². The van der Waals surface area contributed by atoms with Gasteiger partial charge in [0.1, 0.15) is 0 Å². The van der Waals surface area contributed by atoms with Crippen LogP contribution in [0, 0.1) is 0 Å². The molecule has 1 aliphatic heterocycles. The number of hydrogen-bond donors (Lipinski definition) is 1. The molecule has 0 fully saturated rings. The first kappa shape index (κ1) is 17.6. The zero-order valence-corrected chi connectivity index (χ0v) is 16.2. The second-order valence-electron chi connectivity index (χ2n) is 6.28. The number of nitrogens with one attached hydrogen (secondary N) is 1. The number of para-hydroxylation sites is 2. The molecular weight excluding hydrogens is 354 g/mol. The van der Waals surface area contributed by atoms with Crippen LogP contribution < -0.4 is 5.32 Å². The third-order valence-electron chi connectivity index (χ3n) is 4.74. The summed E-state index contributed by atoms with van der Waals surface area (Å²) < 4.78 is 0. The normalized spacial score (nSPS) is 11.9. The maximum absolute atomic E-state index is 13.0. The lowest BCUT2D eigenvalue weighted by Crippen LogP contribution is -2.31. The van der Waals surface area contributed by atoms with Gasteiger partial charge in [-0.1, -0.05) is 36.0 Å². The van der Waals surface area contributed by atoms with Crippen molar-refractivity contribution < 1.29 is 4.79 Å². The van der Waals surface area contributed by atoms with Crippen LogP contribution in [0.4, 0.5) is 11.4 Å². The Kier molecular flexibility index (Phi) is 4.86. The molecule has 0 radical (unpaired) electrons. The van der Waals surface area contributed by atoms with Crippen molar-refractivity contribution in [2.24, 2.45) is 0 Å². The number of hydrogen-bond acceptors (Lipinski definition) is 4. The number of amides is 1. The van der Waals surface area contributed by atoms with E-state index >= 15 is 0 Å². The average molecular weight is 375 g/mol. The molecule has 2 aromatic carbocycles. The summed E-state index contributed by atoms with van der Waals surface area (Å²) in [5.41, 5.74) is 4.40. The number of nitrogens with zero attached hydrogens (tertiary/aromatic N) is 2. The standard InChI is InChI=1S/C22H21N3OS/c1-3-25(4-2)22(26)16-10-8-14-23-20(16)15-9-7-13-19-21(15)24-17-11-5-6-12-18(17)27-19/h5-14,24H,3-4H2,1-2H3. The highest BCUT2D eigenvalue weighted by molar-refractivity contribution is 7.99. The van der Waals surface area contributed by atoms with E-state index in [9.17, 15) is 4.79 Å². The highest BCUT2D eigenvalue weighted by Crippen LogP contribution is 2.47. The van der Waals surface area contributed by atoms with E-state index < -0.39 is 0 Å². The number of pyridine rings is 1. The Balaban J connectivity index is 1.82. The summed E-state index contributed by atoms with van der Waals surface area (Å²) in [6.45, 7) is 5.35. The van der Waals surface area contributed by atoms with E-state index in [2.05, 4.69) is 28.5 Å². The van der Waals surface area contributed by atoms with Crippen molar-refractivity contribution in [1.82, 2.24) is 9.88 Å². The predicted octanol–water partition coefficient (Wildman–Crippen LogP) is 5.44. The number of carbonyl (C=O) groups excluding carboxylic acids is 1. The third-order valence-corrected chi connectivity index (χ3v) is 5.87. The highest BCUT2D eigenvalue weighted by atomic mass is 32.2. The topological polar surface area (TPSA) is 45.2 Å². The van der Waals surface area contributed by atoms with Gasteiger partial charge in [0, 0.05) is 34.6 Å². The van der Waals surface area contributed by atoms with E-state index in [4.69, 9.17) is 0 Å². The minimum atomic E-state index is 0.0181. The molecule has 5 heteroatoms. The van der Waals surface area contributed by atoms with Crippen molar-refractivity contribution in [3.05, 3.63) is 66.4 Å². The SMILES string of the molecule is CCN(CC)C(=O)c1cccnc1-c1cccc2c1Nc1ccccc1S2. The predicted molar refractivity (Wildman–Crippen MR) is 111 cm³/mol. The van der Waals surface area contributed by atoms with Gasteiger partial charge in [-0.3, -0.25) is 9.78 Å². The van der Waals surface area contributed by atoms with Crippen LogP contribution in [-0.4, -0.2) is 28.9 Å². The van der Waals surface area contributed by atoms with E-state index in [0.717, 1.165) is 27.5 Å². The van der Waals surface area contributed by atoms with E-state index in [1.165, 1.54) is 4.90 Å². The van der Waals surface area contributed by atoms with Crippen LogP contribution in [0.15, 0.2) is 70.6 Å². The van der Waals surface area contributed by atoms with Gasteiger partial charge in [0.2, 0.25) is 0 Å². The van der Waals surface area contributed by atoms with Crippen LogP contribution in [0.1, 0.15) is 24.2 Å². The second kappa shape index (κ2) is 7.45. The van der Waals surface area contributed by atoms with Gasteiger partial charge in [0.25, 0.3) is 5.91 Å². The van der Waals surface area contributed by atoms with E-state index in [-0.39, 0.29) is 5.91 Å². The smallest absolute Gasteiger partial charge is 0.256 e. The summed E-state index contributed by atoms with van der Waals surface area (Å²) in [5.74, 6) is 0.0181. The fourth-order valence-electron chi connectivity index (χ4n) is 3.33. The molecule has 1 aromatic heterocycles. The number of carbonyl (C=O) groups is 1. The van der Waals surface area contributed by atoms with Gasteiger partial charge in [-0.15, -0.1) is 0 Å². The Morgan fingerprint density at radius 3 is 2.59 bits per heavy atom.